The molecule has 0 amide bonds. The third-order valence-electron chi connectivity index (χ3n) is 4.33. The molecule has 0 unspecified atom stereocenters. The van der Waals surface area contributed by atoms with Crippen LogP contribution in [0.5, 0.6) is 0 Å². The third-order valence-corrected chi connectivity index (χ3v) is 4.50. The van der Waals surface area contributed by atoms with Crippen molar-refractivity contribution in [2.75, 3.05) is 23.3 Å². The summed E-state index contributed by atoms with van der Waals surface area (Å²) in [5.41, 5.74) is 2.41. The highest BCUT2D eigenvalue weighted by Gasteiger charge is 2.18. The molecule has 25 heavy (non-hydrogen) atoms. The van der Waals surface area contributed by atoms with Crippen LogP contribution in [0.15, 0.2) is 36.5 Å². The van der Waals surface area contributed by atoms with Gasteiger partial charge in [0.15, 0.2) is 17.0 Å². The Balaban J connectivity index is 1.61. The van der Waals surface area contributed by atoms with Crippen molar-refractivity contribution in [3.8, 4) is 0 Å². The van der Waals surface area contributed by atoms with E-state index in [0.717, 1.165) is 31.7 Å². The van der Waals surface area contributed by atoms with Crippen LogP contribution in [0, 0.1) is 0 Å². The molecule has 2 aromatic heterocycles. The zero-order chi connectivity index (χ0) is 17.1. The van der Waals surface area contributed by atoms with Gasteiger partial charge >= 0.3 is 0 Å². The number of fused-ring (bicyclic) bond motifs is 1. The van der Waals surface area contributed by atoms with Crippen LogP contribution in [-0.4, -0.2) is 33.0 Å². The third kappa shape index (κ3) is 3.64. The Morgan fingerprint density at radius 1 is 1.00 bits per heavy atom. The quantitative estimate of drug-likeness (QED) is 0.721. The maximum absolute atomic E-state index is 6.13. The van der Waals surface area contributed by atoms with Crippen molar-refractivity contribution in [3.63, 3.8) is 0 Å². The number of hydrogen-bond acceptors (Lipinski definition) is 6. The smallest absolute Gasteiger partial charge is 0.226 e. The van der Waals surface area contributed by atoms with Crippen molar-refractivity contribution in [3.05, 3.63) is 47.4 Å². The first-order chi connectivity index (χ1) is 12.3. The number of piperidine rings is 1. The predicted octanol–water partition coefficient (Wildman–Crippen LogP) is 3.68. The lowest BCUT2D eigenvalue weighted by Crippen LogP contribution is -2.30. The van der Waals surface area contributed by atoms with Crippen LogP contribution in [0.4, 0.5) is 11.6 Å². The number of nitrogens with zero attached hydrogens (tertiary/aromatic N) is 5. The van der Waals surface area contributed by atoms with Gasteiger partial charge in [-0.15, -0.1) is 0 Å². The van der Waals surface area contributed by atoms with Gasteiger partial charge in [0.25, 0.3) is 0 Å². The number of halogens is 1. The van der Waals surface area contributed by atoms with Gasteiger partial charge in [0.1, 0.15) is 5.82 Å². The molecule has 0 saturated carbocycles. The van der Waals surface area contributed by atoms with Crippen molar-refractivity contribution in [2.45, 2.75) is 25.8 Å². The molecule has 128 valence electrons. The predicted molar refractivity (Wildman–Crippen MR) is 100.0 cm³/mol. The maximum atomic E-state index is 6.13. The summed E-state index contributed by atoms with van der Waals surface area (Å²) >= 11 is 6.13. The molecule has 7 heteroatoms. The molecular weight excluding hydrogens is 336 g/mol. The minimum atomic E-state index is 0.211. The number of benzene rings is 1. The van der Waals surface area contributed by atoms with Crippen molar-refractivity contribution >= 4 is 34.4 Å². The number of hydrogen-bond donors (Lipinski definition) is 1. The summed E-state index contributed by atoms with van der Waals surface area (Å²) in [4.78, 5) is 20.0. The second-order valence-electron chi connectivity index (χ2n) is 6.13. The Kier molecular flexibility index (Phi) is 4.61. The van der Waals surface area contributed by atoms with Crippen LogP contribution in [0.1, 0.15) is 24.8 Å². The van der Waals surface area contributed by atoms with Crippen molar-refractivity contribution in [2.24, 2.45) is 0 Å². The summed E-state index contributed by atoms with van der Waals surface area (Å²) in [5, 5.41) is 3.49. The molecule has 0 radical (unpaired) electrons. The molecule has 1 fully saturated rings. The van der Waals surface area contributed by atoms with Crippen molar-refractivity contribution in [1.29, 1.82) is 0 Å². The van der Waals surface area contributed by atoms with E-state index in [1.165, 1.54) is 12.0 Å². The second-order valence-corrected chi connectivity index (χ2v) is 6.47. The molecule has 0 spiro atoms. The lowest BCUT2D eigenvalue weighted by atomic mass is 10.1. The van der Waals surface area contributed by atoms with Gasteiger partial charge in [0.05, 0.1) is 6.20 Å². The lowest BCUT2D eigenvalue weighted by molar-refractivity contribution is 0.574. The van der Waals surface area contributed by atoms with E-state index in [9.17, 15) is 0 Å². The molecule has 1 N–H and O–H groups in total. The average molecular weight is 355 g/mol. The summed E-state index contributed by atoms with van der Waals surface area (Å²) in [7, 11) is 0. The number of anilines is 2. The Bertz CT molecular complexity index is 864. The second kappa shape index (κ2) is 7.19. The van der Waals surface area contributed by atoms with Gasteiger partial charge < -0.3 is 10.2 Å². The van der Waals surface area contributed by atoms with Crippen LogP contribution < -0.4 is 10.2 Å². The van der Waals surface area contributed by atoms with E-state index in [1.54, 1.807) is 6.20 Å². The van der Waals surface area contributed by atoms with E-state index in [2.05, 4.69) is 42.3 Å². The number of aromatic nitrogens is 4. The summed E-state index contributed by atoms with van der Waals surface area (Å²) in [5.74, 6) is 1.47. The van der Waals surface area contributed by atoms with Gasteiger partial charge in [0.2, 0.25) is 5.28 Å². The van der Waals surface area contributed by atoms with E-state index in [0.29, 0.717) is 23.5 Å². The van der Waals surface area contributed by atoms with E-state index < -0.39 is 0 Å². The van der Waals surface area contributed by atoms with Gasteiger partial charge in [-0.05, 0) is 36.4 Å². The molecule has 0 bridgehead atoms. The van der Waals surface area contributed by atoms with E-state index in [1.807, 2.05) is 18.2 Å². The highest BCUT2D eigenvalue weighted by atomic mass is 35.5. The van der Waals surface area contributed by atoms with Crippen molar-refractivity contribution < 1.29 is 0 Å². The zero-order valence-electron chi connectivity index (χ0n) is 13.8. The fourth-order valence-corrected chi connectivity index (χ4v) is 3.23. The van der Waals surface area contributed by atoms with Crippen LogP contribution in [0.2, 0.25) is 5.28 Å². The van der Waals surface area contributed by atoms with Gasteiger partial charge in [-0.3, -0.25) is 0 Å². The van der Waals surface area contributed by atoms with Crippen molar-refractivity contribution in [1.82, 2.24) is 19.9 Å². The Labute approximate surface area is 151 Å². The Morgan fingerprint density at radius 2 is 1.80 bits per heavy atom. The normalized spacial score (nSPS) is 14.7. The largest absolute Gasteiger partial charge is 0.365 e. The van der Waals surface area contributed by atoms with E-state index in [-0.39, 0.29) is 5.28 Å². The highest BCUT2D eigenvalue weighted by Crippen LogP contribution is 2.26. The van der Waals surface area contributed by atoms with Crippen LogP contribution in [0.3, 0.4) is 0 Å². The van der Waals surface area contributed by atoms with Crippen LogP contribution in [0.25, 0.3) is 11.2 Å². The summed E-state index contributed by atoms with van der Waals surface area (Å²) in [6.07, 6.45) is 5.31. The summed E-state index contributed by atoms with van der Waals surface area (Å²) < 4.78 is 0. The molecule has 1 aliphatic rings. The van der Waals surface area contributed by atoms with Gasteiger partial charge in [0, 0.05) is 19.6 Å². The van der Waals surface area contributed by atoms with E-state index in [4.69, 9.17) is 11.6 Å². The average Bonchev–Trinajstić information content (AvgIpc) is 2.67. The standard InChI is InChI=1S/C18H19ClN6/c19-18-23-16-15(17(24-18)25-9-5-2-6-10-25)21-12-14(22-16)20-11-13-7-3-1-4-8-13/h1,3-4,7-8,12H,2,5-6,9-11H2,(H,20,22,23,24). The molecule has 1 saturated heterocycles. The Hall–Kier alpha value is -2.47. The molecule has 3 heterocycles. The molecule has 4 rings (SSSR count). The first-order valence-electron chi connectivity index (χ1n) is 8.52. The topological polar surface area (TPSA) is 66.8 Å². The lowest BCUT2D eigenvalue weighted by Gasteiger charge is -2.28. The first-order valence-corrected chi connectivity index (χ1v) is 8.90. The molecular formula is C18H19ClN6. The fraction of sp³-hybridized carbons (Fsp3) is 0.333. The van der Waals surface area contributed by atoms with Crippen LogP contribution >= 0.6 is 11.6 Å². The minimum Gasteiger partial charge on any atom is -0.365 e. The molecule has 1 aliphatic heterocycles. The molecule has 6 nitrogen and oxygen atoms in total. The van der Waals surface area contributed by atoms with Gasteiger partial charge in [-0.1, -0.05) is 30.3 Å². The minimum absolute atomic E-state index is 0.211. The monoisotopic (exact) mass is 354 g/mol. The Morgan fingerprint density at radius 3 is 2.60 bits per heavy atom. The maximum Gasteiger partial charge on any atom is 0.226 e. The highest BCUT2D eigenvalue weighted by molar-refractivity contribution is 6.28. The molecule has 0 atom stereocenters. The SMILES string of the molecule is Clc1nc(N2CCCCC2)c2ncc(NCc3ccccc3)nc2n1. The molecule has 0 aliphatic carbocycles. The fourth-order valence-electron chi connectivity index (χ4n) is 3.07. The molecule has 3 aromatic rings. The first kappa shape index (κ1) is 16.0. The van der Waals surface area contributed by atoms with E-state index >= 15 is 0 Å². The summed E-state index contributed by atoms with van der Waals surface area (Å²) in [6.45, 7) is 2.62. The number of nitrogens with one attached hydrogen (secondary N) is 1. The summed E-state index contributed by atoms with van der Waals surface area (Å²) in [6, 6.07) is 10.2. The number of rotatable bonds is 4. The molecule has 1 aromatic carbocycles. The zero-order valence-corrected chi connectivity index (χ0v) is 14.6. The van der Waals surface area contributed by atoms with Crippen LogP contribution in [-0.2, 0) is 6.54 Å². The van der Waals surface area contributed by atoms with Gasteiger partial charge in [-0.2, -0.15) is 9.97 Å². The van der Waals surface area contributed by atoms with Gasteiger partial charge in [-0.25, -0.2) is 9.97 Å².